The van der Waals surface area contributed by atoms with E-state index in [1.807, 2.05) is 0 Å². The molecule has 0 spiro atoms. The lowest BCUT2D eigenvalue weighted by atomic mass is 10.1. The van der Waals surface area contributed by atoms with Crippen molar-refractivity contribution in [3.63, 3.8) is 0 Å². The molecule has 1 heterocycles. The van der Waals surface area contributed by atoms with Gasteiger partial charge in [0.15, 0.2) is 0 Å². The van der Waals surface area contributed by atoms with Crippen LogP contribution in [0.15, 0.2) is 0 Å². The van der Waals surface area contributed by atoms with Crippen LogP contribution in [0.5, 0.6) is 0 Å². The van der Waals surface area contributed by atoms with Crippen LogP contribution in [-0.2, 0) is 0 Å². The van der Waals surface area contributed by atoms with E-state index in [2.05, 4.69) is 16.0 Å². The van der Waals surface area contributed by atoms with Crippen molar-refractivity contribution in [3.05, 3.63) is 0 Å². The Bertz CT molecular complexity index is 155. The fourth-order valence-corrected chi connectivity index (χ4v) is 1.64. The Kier molecular flexibility index (Phi) is 4.60. The van der Waals surface area contributed by atoms with Gasteiger partial charge in [0.25, 0.3) is 0 Å². The lowest BCUT2D eigenvalue weighted by molar-refractivity contribution is 0.242. The first kappa shape index (κ1) is 10.3. The van der Waals surface area contributed by atoms with E-state index in [1.54, 1.807) is 7.05 Å². The van der Waals surface area contributed by atoms with Crippen molar-refractivity contribution in [2.75, 3.05) is 20.1 Å². The largest absolute Gasteiger partial charge is 0.341 e. The number of hydrogen-bond acceptors (Lipinski definition) is 2. The number of rotatable bonds is 4. The molecule has 3 N–H and O–H groups in total. The fraction of sp³-hybridized carbons (Fsp3) is 0.889. The smallest absolute Gasteiger partial charge is 0.314 e. The highest BCUT2D eigenvalue weighted by atomic mass is 16.2. The highest BCUT2D eigenvalue weighted by molar-refractivity contribution is 5.73. The Morgan fingerprint density at radius 1 is 1.62 bits per heavy atom. The van der Waals surface area contributed by atoms with E-state index in [4.69, 9.17) is 0 Å². The number of hydrogen-bond donors (Lipinski definition) is 3. The molecule has 4 nitrogen and oxygen atoms in total. The normalized spacial score (nSPS) is 21.5. The summed E-state index contributed by atoms with van der Waals surface area (Å²) in [4.78, 5) is 10.8. The molecule has 13 heavy (non-hydrogen) atoms. The van der Waals surface area contributed by atoms with Crippen molar-refractivity contribution in [2.24, 2.45) is 0 Å². The lowest BCUT2D eigenvalue weighted by Gasteiger charge is -2.09. The molecule has 2 amide bonds. The van der Waals surface area contributed by atoms with Gasteiger partial charge in [-0.2, -0.15) is 0 Å². The summed E-state index contributed by atoms with van der Waals surface area (Å²) >= 11 is 0. The Morgan fingerprint density at radius 3 is 3.08 bits per heavy atom. The van der Waals surface area contributed by atoms with Gasteiger partial charge < -0.3 is 16.0 Å². The Morgan fingerprint density at radius 2 is 2.46 bits per heavy atom. The van der Waals surface area contributed by atoms with Gasteiger partial charge in [0, 0.05) is 19.6 Å². The van der Waals surface area contributed by atoms with Gasteiger partial charge in [-0.15, -0.1) is 0 Å². The summed E-state index contributed by atoms with van der Waals surface area (Å²) in [6.45, 7) is 1.94. The van der Waals surface area contributed by atoms with Crippen LogP contribution in [0.4, 0.5) is 4.79 Å². The van der Waals surface area contributed by atoms with Crippen molar-refractivity contribution in [3.8, 4) is 0 Å². The molecule has 1 aliphatic rings. The van der Waals surface area contributed by atoms with Gasteiger partial charge in [-0.1, -0.05) is 0 Å². The van der Waals surface area contributed by atoms with Gasteiger partial charge in [-0.25, -0.2) is 4.79 Å². The molecule has 1 fully saturated rings. The van der Waals surface area contributed by atoms with Crippen LogP contribution in [-0.4, -0.2) is 32.2 Å². The third-order valence-corrected chi connectivity index (χ3v) is 2.40. The summed E-state index contributed by atoms with van der Waals surface area (Å²) in [5.74, 6) is 0. The van der Waals surface area contributed by atoms with Crippen molar-refractivity contribution in [2.45, 2.75) is 31.7 Å². The summed E-state index contributed by atoms with van der Waals surface area (Å²) in [5, 5.41) is 8.74. The molecule has 0 radical (unpaired) electrons. The molecular formula is C9H19N3O. The van der Waals surface area contributed by atoms with Crippen LogP contribution in [0.1, 0.15) is 25.7 Å². The van der Waals surface area contributed by atoms with Gasteiger partial charge in [-0.05, 0) is 32.2 Å². The number of carbonyl (C=O) groups is 1. The Labute approximate surface area is 79.5 Å². The Balaban J connectivity index is 1.91. The second-order valence-corrected chi connectivity index (χ2v) is 3.44. The summed E-state index contributed by atoms with van der Waals surface area (Å²) in [6.07, 6.45) is 4.82. The zero-order valence-electron chi connectivity index (χ0n) is 8.23. The third-order valence-electron chi connectivity index (χ3n) is 2.40. The van der Waals surface area contributed by atoms with E-state index >= 15 is 0 Å². The molecule has 1 saturated heterocycles. The van der Waals surface area contributed by atoms with Crippen LogP contribution in [0.25, 0.3) is 0 Å². The van der Waals surface area contributed by atoms with Gasteiger partial charge >= 0.3 is 6.03 Å². The second kappa shape index (κ2) is 5.80. The minimum atomic E-state index is -0.0839. The van der Waals surface area contributed by atoms with Gasteiger partial charge in [-0.3, -0.25) is 0 Å². The van der Waals surface area contributed by atoms with Crippen LogP contribution >= 0.6 is 0 Å². The van der Waals surface area contributed by atoms with Crippen LogP contribution < -0.4 is 16.0 Å². The maximum absolute atomic E-state index is 10.8. The summed E-state index contributed by atoms with van der Waals surface area (Å²) in [7, 11) is 1.63. The number of urea groups is 1. The molecule has 0 aromatic heterocycles. The molecule has 0 saturated carbocycles. The molecule has 1 atom stereocenters. The average molecular weight is 185 g/mol. The first-order chi connectivity index (χ1) is 6.33. The zero-order chi connectivity index (χ0) is 9.52. The summed E-state index contributed by atoms with van der Waals surface area (Å²) in [5.41, 5.74) is 0. The molecule has 0 aromatic rings. The number of carbonyl (C=O) groups excluding carboxylic acids is 1. The lowest BCUT2D eigenvalue weighted by Crippen LogP contribution is -2.34. The molecule has 0 aromatic carbocycles. The molecule has 0 bridgehead atoms. The first-order valence-electron chi connectivity index (χ1n) is 5.02. The van der Waals surface area contributed by atoms with Crippen molar-refractivity contribution in [1.82, 2.24) is 16.0 Å². The predicted molar refractivity (Wildman–Crippen MR) is 52.7 cm³/mol. The molecule has 76 valence electrons. The zero-order valence-corrected chi connectivity index (χ0v) is 8.23. The molecule has 1 unspecified atom stereocenters. The van der Waals surface area contributed by atoms with Gasteiger partial charge in [0.2, 0.25) is 0 Å². The quantitative estimate of drug-likeness (QED) is 0.557. The van der Waals surface area contributed by atoms with Gasteiger partial charge in [0.1, 0.15) is 0 Å². The minimum Gasteiger partial charge on any atom is -0.341 e. The van der Waals surface area contributed by atoms with E-state index in [1.165, 1.54) is 19.3 Å². The number of amides is 2. The molecule has 4 heteroatoms. The predicted octanol–water partition coefficient (Wildman–Crippen LogP) is 0.448. The summed E-state index contributed by atoms with van der Waals surface area (Å²) < 4.78 is 0. The van der Waals surface area contributed by atoms with E-state index in [-0.39, 0.29) is 6.03 Å². The SMILES string of the molecule is CNC(=O)NCCCC1CCCN1. The van der Waals surface area contributed by atoms with E-state index in [0.29, 0.717) is 6.04 Å². The average Bonchev–Trinajstić information content (AvgIpc) is 2.64. The number of nitrogens with one attached hydrogen (secondary N) is 3. The minimum absolute atomic E-state index is 0.0839. The van der Waals surface area contributed by atoms with Crippen LogP contribution in [0, 0.1) is 0 Å². The van der Waals surface area contributed by atoms with Crippen LogP contribution in [0.2, 0.25) is 0 Å². The Hall–Kier alpha value is -0.770. The maximum Gasteiger partial charge on any atom is 0.314 e. The van der Waals surface area contributed by atoms with Crippen molar-refractivity contribution >= 4 is 6.03 Å². The molecule has 1 aliphatic heterocycles. The van der Waals surface area contributed by atoms with Gasteiger partial charge in [0.05, 0.1) is 0 Å². The molecular weight excluding hydrogens is 166 g/mol. The van der Waals surface area contributed by atoms with E-state index < -0.39 is 0 Å². The highest BCUT2D eigenvalue weighted by Crippen LogP contribution is 2.09. The maximum atomic E-state index is 10.8. The van der Waals surface area contributed by atoms with Crippen molar-refractivity contribution < 1.29 is 4.79 Å². The monoisotopic (exact) mass is 185 g/mol. The molecule has 0 aliphatic carbocycles. The standard InChI is InChI=1S/C9H19N3O/c1-10-9(13)12-7-3-5-8-4-2-6-11-8/h8,11H,2-7H2,1H3,(H2,10,12,13). The summed E-state index contributed by atoms with van der Waals surface area (Å²) in [6, 6.07) is 0.603. The molecule has 1 rings (SSSR count). The first-order valence-corrected chi connectivity index (χ1v) is 5.02. The van der Waals surface area contributed by atoms with Crippen LogP contribution in [0.3, 0.4) is 0 Å². The topological polar surface area (TPSA) is 53.2 Å². The third kappa shape index (κ3) is 4.12. The van der Waals surface area contributed by atoms with E-state index in [9.17, 15) is 4.79 Å². The highest BCUT2D eigenvalue weighted by Gasteiger charge is 2.12. The van der Waals surface area contributed by atoms with Crippen molar-refractivity contribution in [1.29, 1.82) is 0 Å². The van der Waals surface area contributed by atoms with E-state index in [0.717, 1.165) is 19.5 Å². The fourth-order valence-electron chi connectivity index (χ4n) is 1.64. The second-order valence-electron chi connectivity index (χ2n) is 3.44.